The monoisotopic (exact) mass is 449 g/mol. The van der Waals surface area contributed by atoms with E-state index in [9.17, 15) is 9.59 Å². The zero-order chi connectivity index (χ0) is 23.5. The third kappa shape index (κ3) is 4.23. The number of para-hydroxylation sites is 2. The van der Waals surface area contributed by atoms with E-state index in [1.54, 1.807) is 11.6 Å². The first-order chi connectivity index (χ1) is 16.6. The molecule has 0 aliphatic carbocycles. The zero-order valence-corrected chi connectivity index (χ0v) is 18.7. The first-order valence-corrected chi connectivity index (χ1v) is 11.0. The molecule has 0 radical (unpaired) electrons. The van der Waals surface area contributed by atoms with Crippen molar-refractivity contribution in [3.63, 3.8) is 0 Å². The van der Waals surface area contributed by atoms with Gasteiger partial charge in [0.05, 0.1) is 11.9 Å². The molecule has 5 rings (SSSR count). The molecule has 2 aromatic heterocycles. The molecular formula is C27H23N5O2. The zero-order valence-electron chi connectivity index (χ0n) is 18.7. The molecule has 0 aliphatic heterocycles. The summed E-state index contributed by atoms with van der Waals surface area (Å²) in [4.78, 5) is 30.7. The van der Waals surface area contributed by atoms with Gasteiger partial charge in [0.1, 0.15) is 17.8 Å². The Kier molecular flexibility index (Phi) is 5.74. The van der Waals surface area contributed by atoms with Gasteiger partial charge >= 0.3 is 0 Å². The Balaban J connectivity index is 1.40. The first kappa shape index (κ1) is 21.3. The highest BCUT2D eigenvalue weighted by molar-refractivity contribution is 5.91. The van der Waals surface area contributed by atoms with Crippen LogP contribution in [0.5, 0.6) is 0 Å². The number of nitrogens with one attached hydrogen (secondary N) is 1. The molecule has 168 valence electrons. The molecule has 0 unspecified atom stereocenters. The molecule has 5 aromatic rings. The van der Waals surface area contributed by atoms with Crippen LogP contribution in [-0.2, 0) is 17.8 Å². The lowest BCUT2D eigenvalue weighted by Gasteiger charge is -2.13. The summed E-state index contributed by atoms with van der Waals surface area (Å²) < 4.78 is 3.02. The minimum atomic E-state index is -0.294. The van der Waals surface area contributed by atoms with Crippen molar-refractivity contribution in [1.82, 2.24) is 19.3 Å². The molecule has 7 nitrogen and oxygen atoms in total. The maximum Gasteiger partial charge on any atom is 0.265 e. The summed E-state index contributed by atoms with van der Waals surface area (Å²) in [6.45, 7) is 1.59. The topological polar surface area (TPSA) is 81.8 Å². The lowest BCUT2D eigenvalue weighted by molar-refractivity contribution is -0.116. The molecule has 0 saturated heterocycles. The van der Waals surface area contributed by atoms with Crippen molar-refractivity contribution >= 4 is 22.6 Å². The average Bonchev–Trinajstić information content (AvgIpc) is 3.28. The minimum absolute atomic E-state index is 0.135. The third-order valence-electron chi connectivity index (χ3n) is 5.71. The second-order valence-corrected chi connectivity index (χ2v) is 8.05. The number of amides is 1. The fourth-order valence-corrected chi connectivity index (χ4v) is 4.00. The van der Waals surface area contributed by atoms with Crippen molar-refractivity contribution < 1.29 is 4.79 Å². The Morgan fingerprint density at radius 3 is 2.35 bits per heavy atom. The van der Waals surface area contributed by atoms with Crippen LogP contribution in [-0.4, -0.2) is 25.2 Å². The van der Waals surface area contributed by atoms with Gasteiger partial charge in [-0.3, -0.25) is 14.2 Å². The molecule has 0 saturated carbocycles. The Morgan fingerprint density at radius 2 is 1.59 bits per heavy atom. The van der Waals surface area contributed by atoms with Gasteiger partial charge in [0.25, 0.3) is 5.56 Å². The number of nitrogens with zero attached hydrogens (tertiary/aromatic N) is 4. The molecular weight excluding hydrogens is 426 g/mol. The second kappa shape index (κ2) is 9.15. The van der Waals surface area contributed by atoms with E-state index in [1.165, 1.54) is 10.8 Å². The number of hydrogen-bond acceptors (Lipinski definition) is 4. The van der Waals surface area contributed by atoms with Gasteiger partial charge in [-0.1, -0.05) is 66.7 Å². The molecule has 0 bridgehead atoms. The fourth-order valence-electron chi connectivity index (χ4n) is 4.00. The van der Waals surface area contributed by atoms with Crippen molar-refractivity contribution in [2.75, 3.05) is 5.32 Å². The van der Waals surface area contributed by atoms with E-state index in [4.69, 9.17) is 0 Å². The average molecular weight is 450 g/mol. The number of carbonyl (C=O) groups excluding carboxylic acids is 1. The van der Waals surface area contributed by atoms with Crippen LogP contribution in [0.4, 0.5) is 5.69 Å². The van der Waals surface area contributed by atoms with Gasteiger partial charge in [0, 0.05) is 5.69 Å². The van der Waals surface area contributed by atoms with Crippen LogP contribution >= 0.6 is 0 Å². The number of fused-ring (bicyclic) bond motifs is 1. The van der Waals surface area contributed by atoms with Gasteiger partial charge in [-0.2, -0.15) is 5.10 Å². The SMILES string of the molecule is Cc1nc2c(cnn2-c2ccccc2)c(=O)n1CC(=O)Nc1ccccc1Cc1ccccc1. The number of aromatic nitrogens is 4. The van der Waals surface area contributed by atoms with E-state index in [0.717, 1.165) is 22.5 Å². The molecule has 3 aromatic carbocycles. The van der Waals surface area contributed by atoms with Gasteiger partial charge in [-0.15, -0.1) is 0 Å². The van der Waals surface area contributed by atoms with Gasteiger partial charge in [0.15, 0.2) is 5.65 Å². The van der Waals surface area contributed by atoms with Gasteiger partial charge in [-0.05, 0) is 42.7 Å². The van der Waals surface area contributed by atoms with Crippen LogP contribution in [0.15, 0.2) is 95.9 Å². The number of anilines is 1. The summed E-state index contributed by atoms with van der Waals surface area (Å²) in [5, 5.41) is 7.68. The van der Waals surface area contributed by atoms with E-state index in [2.05, 4.69) is 27.5 Å². The Labute approximate surface area is 196 Å². The van der Waals surface area contributed by atoms with E-state index < -0.39 is 0 Å². The van der Waals surface area contributed by atoms with Crippen LogP contribution in [0.1, 0.15) is 17.0 Å². The van der Waals surface area contributed by atoms with E-state index in [1.807, 2.05) is 72.8 Å². The van der Waals surface area contributed by atoms with Crippen molar-refractivity contribution in [2.45, 2.75) is 19.9 Å². The molecule has 0 spiro atoms. The summed E-state index contributed by atoms with van der Waals surface area (Å²) in [7, 11) is 0. The number of rotatable bonds is 6. The molecule has 0 atom stereocenters. The molecule has 1 amide bonds. The fraction of sp³-hybridized carbons (Fsp3) is 0.111. The number of hydrogen-bond donors (Lipinski definition) is 1. The minimum Gasteiger partial charge on any atom is -0.324 e. The third-order valence-corrected chi connectivity index (χ3v) is 5.71. The maximum atomic E-state index is 13.2. The van der Waals surface area contributed by atoms with Crippen LogP contribution in [0.3, 0.4) is 0 Å². The normalized spacial score (nSPS) is 11.0. The number of carbonyl (C=O) groups is 1. The largest absolute Gasteiger partial charge is 0.324 e. The molecule has 34 heavy (non-hydrogen) atoms. The maximum absolute atomic E-state index is 13.2. The molecule has 1 N–H and O–H groups in total. The van der Waals surface area contributed by atoms with Crippen molar-refractivity contribution in [2.24, 2.45) is 0 Å². The van der Waals surface area contributed by atoms with Crippen LogP contribution in [0.2, 0.25) is 0 Å². The predicted octanol–water partition coefficient (Wildman–Crippen LogP) is 4.12. The molecule has 7 heteroatoms. The standard InChI is InChI=1S/C27H23N5O2/c1-19-29-26-23(17-28-32(26)22-13-6-3-7-14-22)27(34)31(19)18-25(33)30-24-15-9-8-12-21(24)16-20-10-4-2-5-11-20/h2-15,17H,16,18H2,1H3,(H,30,33). The van der Waals surface area contributed by atoms with Crippen molar-refractivity contribution in [3.8, 4) is 5.69 Å². The summed E-state index contributed by atoms with van der Waals surface area (Å²) >= 11 is 0. The molecule has 0 fully saturated rings. The quantitative estimate of drug-likeness (QED) is 0.423. The van der Waals surface area contributed by atoms with Gasteiger partial charge in [-0.25, -0.2) is 9.67 Å². The lowest BCUT2D eigenvalue weighted by atomic mass is 10.0. The number of benzene rings is 3. The van der Waals surface area contributed by atoms with Crippen LogP contribution in [0, 0.1) is 6.92 Å². The Bertz CT molecular complexity index is 1520. The Morgan fingerprint density at radius 1 is 0.912 bits per heavy atom. The molecule has 0 aliphatic rings. The van der Waals surface area contributed by atoms with E-state index >= 15 is 0 Å². The Hall–Kier alpha value is -4.52. The molecule has 2 heterocycles. The summed E-state index contributed by atoms with van der Waals surface area (Å²) in [5.41, 5.74) is 3.88. The highest BCUT2D eigenvalue weighted by Gasteiger charge is 2.16. The van der Waals surface area contributed by atoms with Gasteiger partial charge < -0.3 is 5.32 Å². The van der Waals surface area contributed by atoms with E-state index in [0.29, 0.717) is 23.3 Å². The highest BCUT2D eigenvalue weighted by atomic mass is 16.2. The van der Waals surface area contributed by atoms with Crippen LogP contribution < -0.4 is 10.9 Å². The predicted molar refractivity (Wildman–Crippen MR) is 132 cm³/mol. The van der Waals surface area contributed by atoms with Crippen LogP contribution in [0.25, 0.3) is 16.7 Å². The number of aryl methyl sites for hydroxylation is 1. The highest BCUT2D eigenvalue weighted by Crippen LogP contribution is 2.19. The van der Waals surface area contributed by atoms with Gasteiger partial charge in [0.2, 0.25) is 5.91 Å². The smallest absolute Gasteiger partial charge is 0.265 e. The summed E-state index contributed by atoms with van der Waals surface area (Å²) in [6.07, 6.45) is 2.20. The second-order valence-electron chi connectivity index (χ2n) is 8.05. The summed E-state index contributed by atoms with van der Waals surface area (Å²) in [6, 6.07) is 27.3. The lowest BCUT2D eigenvalue weighted by Crippen LogP contribution is -2.30. The van der Waals surface area contributed by atoms with Crippen molar-refractivity contribution in [1.29, 1.82) is 0 Å². The van der Waals surface area contributed by atoms with E-state index in [-0.39, 0.29) is 18.0 Å². The first-order valence-electron chi connectivity index (χ1n) is 11.0. The summed E-state index contributed by atoms with van der Waals surface area (Å²) in [5.74, 6) is 0.158. The van der Waals surface area contributed by atoms with Crippen molar-refractivity contribution in [3.05, 3.63) is 118 Å².